The highest BCUT2D eigenvalue weighted by molar-refractivity contribution is 6.01. The Kier molecular flexibility index (Phi) is 3.75. The largest absolute Gasteiger partial charge is 0.492 e. The summed E-state index contributed by atoms with van der Waals surface area (Å²) in [4.78, 5) is 25.1. The highest BCUT2D eigenvalue weighted by Gasteiger charge is 2.38. The molecule has 2 aliphatic rings. The first kappa shape index (κ1) is 15.7. The van der Waals surface area contributed by atoms with E-state index in [1.807, 2.05) is 11.8 Å². The van der Waals surface area contributed by atoms with Gasteiger partial charge in [0.1, 0.15) is 0 Å². The zero-order valence-electron chi connectivity index (χ0n) is 13.2. The number of benzene rings is 1. The molecule has 2 fully saturated rings. The fourth-order valence-corrected chi connectivity index (χ4v) is 3.26. The van der Waals surface area contributed by atoms with Crippen LogP contribution in [0.3, 0.4) is 0 Å². The molecule has 0 bridgehead atoms. The van der Waals surface area contributed by atoms with E-state index in [1.54, 1.807) is 12.1 Å². The summed E-state index contributed by atoms with van der Waals surface area (Å²) in [6, 6.07) is 3.34. The van der Waals surface area contributed by atoms with Crippen LogP contribution < -0.4 is 20.7 Å². The van der Waals surface area contributed by atoms with Gasteiger partial charge >= 0.3 is 0 Å². The molecule has 1 aromatic rings. The first-order valence-electron chi connectivity index (χ1n) is 7.56. The molecule has 2 heterocycles. The maximum Gasteiger partial charge on any atom is 0.234 e. The zero-order chi connectivity index (χ0) is 16.8. The molecule has 3 rings (SSSR count). The number of carbonyl (C=O) groups excluding carboxylic acids is 2. The van der Waals surface area contributed by atoms with Crippen LogP contribution in [0.2, 0.25) is 0 Å². The zero-order valence-corrected chi connectivity index (χ0v) is 13.2. The standard InChI is InChI=1S/C16H20FN3O3/c1-16(18)7-20(8-16)11-5-3-9(13(17)14(11)23-2)10-4-6-12(21)19-15(10)22/h3,5,10H,4,6-8,18H2,1-2H3,(H,19,21,22). The van der Waals surface area contributed by atoms with Crippen molar-refractivity contribution in [1.29, 1.82) is 0 Å². The van der Waals surface area contributed by atoms with Gasteiger partial charge in [-0.3, -0.25) is 14.9 Å². The summed E-state index contributed by atoms with van der Waals surface area (Å²) in [5, 5.41) is 2.25. The average Bonchev–Trinajstić information content (AvgIpc) is 2.45. The van der Waals surface area contributed by atoms with Gasteiger partial charge < -0.3 is 15.4 Å². The number of amides is 2. The lowest BCUT2D eigenvalue weighted by Gasteiger charge is -2.47. The van der Waals surface area contributed by atoms with E-state index < -0.39 is 17.6 Å². The second-order valence-corrected chi connectivity index (χ2v) is 6.53. The van der Waals surface area contributed by atoms with E-state index in [2.05, 4.69) is 5.32 Å². The topological polar surface area (TPSA) is 84.7 Å². The smallest absolute Gasteiger partial charge is 0.234 e. The molecule has 0 saturated carbocycles. The quantitative estimate of drug-likeness (QED) is 0.808. The molecule has 2 amide bonds. The summed E-state index contributed by atoms with van der Waals surface area (Å²) in [6.07, 6.45) is 0.506. The second-order valence-electron chi connectivity index (χ2n) is 6.53. The summed E-state index contributed by atoms with van der Waals surface area (Å²) < 4.78 is 20.1. The predicted octanol–water partition coefficient (Wildman–Crippen LogP) is 0.892. The van der Waals surface area contributed by atoms with Gasteiger partial charge in [-0.1, -0.05) is 6.07 Å². The minimum Gasteiger partial charge on any atom is -0.492 e. The molecule has 23 heavy (non-hydrogen) atoms. The number of nitrogens with one attached hydrogen (secondary N) is 1. The average molecular weight is 321 g/mol. The van der Waals surface area contributed by atoms with Crippen LogP contribution in [0.25, 0.3) is 0 Å². The lowest BCUT2D eigenvalue weighted by molar-refractivity contribution is -0.134. The lowest BCUT2D eigenvalue weighted by Crippen LogP contribution is -2.65. The molecule has 0 aromatic heterocycles. The lowest BCUT2D eigenvalue weighted by atomic mass is 9.88. The summed E-state index contributed by atoms with van der Waals surface area (Å²) in [6.45, 7) is 3.16. The number of hydrogen-bond acceptors (Lipinski definition) is 5. The third-order valence-corrected chi connectivity index (χ3v) is 4.37. The Morgan fingerprint density at radius 3 is 2.65 bits per heavy atom. The molecule has 124 valence electrons. The van der Waals surface area contributed by atoms with Crippen LogP contribution in [-0.2, 0) is 9.59 Å². The molecule has 0 aliphatic carbocycles. The number of nitrogens with two attached hydrogens (primary N) is 1. The van der Waals surface area contributed by atoms with Gasteiger partial charge in [-0.05, 0) is 19.4 Å². The van der Waals surface area contributed by atoms with E-state index in [0.29, 0.717) is 25.2 Å². The SMILES string of the molecule is COc1c(N2CC(C)(N)C2)ccc(C2CCC(=O)NC2=O)c1F. The Morgan fingerprint density at radius 1 is 1.39 bits per heavy atom. The molecule has 0 spiro atoms. The monoisotopic (exact) mass is 321 g/mol. The Hall–Kier alpha value is -2.15. The van der Waals surface area contributed by atoms with Crippen molar-refractivity contribution in [2.45, 2.75) is 31.2 Å². The van der Waals surface area contributed by atoms with Gasteiger partial charge in [-0.25, -0.2) is 4.39 Å². The number of halogens is 1. The molecule has 2 aliphatic heterocycles. The number of anilines is 1. The molecular weight excluding hydrogens is 301 g/mol. The van der Waals surface area contributed by atoms with Gasteiger partial charge in [0, 0.05) is 30.6 Å². The van der Waals surface area contributed by atoms with Crippen LogP contribution in [0.15, 0.2) is 12.1 Å². The highest BCUT2D eigenvalue weighted by atomic mass is 19.1. The van der Waals surface area contributed by atoms with Crippen molar-refractivity contribution in [2.24, 2.45) is 5.73 Å². The molecule has 1 atom stereocenters. The van der Waals surface area contributed by atoms with Gasteiger partial charge in [-0.2, -0.15) is 0 Å². The van der Waals surface area contributed by atoms with E-state index >= 15 is 0 Å². The molecule has 2 saturated heterocycles. The molecule has 0 radical (unpaired) electrons. The molecular formula is C16H20FN3O3. The maximum absolute atomic E-state index is 14.9. The van der Waals surface area contributed by atoms with E-state index in [9.17, 15) is 14.0 Å². The Balaban J connectivity index is 1.92. The number of nitrogens with zero attached hydrogens (tertiary/aromatic N) is 1. The fourth-order valence-electron chi connectivity index (χ4n) is 3.26. The van der Waals surface area contributed by atoms with Gasteiger partial charge in [0.25, 0.3) is 0 Å². The van der Waals surface area contributed by atoms with Crippen LogP contribution in [0.1, 0.15) is 31.2 Å². The van der Waals surface area contributed by atoms with Crippen molar-refractivity contribution >= 4 is 17.5 Å². The van der Waals surface area contributed by atoms with E-state index in [1.165, 1.54) is 7.11 Å². The Bertz CT molecular complexity index is 667. The molecule has 3 N–H and O–H groups in total. The van der Waals surface area contributed by atoms with Crippen LogP contribution in [-0.4, -0.2) is 37.6 Å². The maximum atomic E-state index is 14.9. The molecule has 6 nitrogen and oxygen atoms in total. The minimum absolute atomic E-state index is 0.114. The van der Waals surface area contributed by atoms with E-state index in [4.69, 9.17) is 10.5 Å². The van der Waals surface area contributed by atoms with Crippen molar-refractivity contribution in [3.05, 3.63) is 23.5 Å². The first-order valence-corrected chi connectivity index (χ1v) is 7.56. The predicted molar refractivity (Wildman–Crippen MR) is 82.9 cm³/mol. The number of hydrogen-bond donors (Lipinski definition) is 2. The van der Waals surface area contributed by atoms with Crippen molar-refractivity contribution < 1.29 is 18.7 Å². The third-order valence-electron chi connectivity index (χ3n) is 4.37. The number of rotatable bonds is 3. The van der Waals surface area contributed by atoms with Gasteiger partial charge in [-0.15, -0.1) is 0 Å². The number of ether oxygens (including phenoxy) is 1. The highest BCUT2D eigenvalue weighted by Crippen LogP contribution is 2.40. The number of methoxy groups -OCH3 is 1. The molecule has 7 heteroatoms. The first-order chi connectivity index (χ1) is 10.8. The van der Waals surface area contributed by atoms with Crippen molar-refractivity contribution in [2.75, 3.05) is 25.1 Å². The Labute approximate surface area is 133 Å². The normalized spacial score (nSPS) is 23.3. The number of carbonyl (C=O) groups is 2. The van der Waals surface area contributed by atoms with Crippen LogP contribution in [0.5, 0.6) is 5.75 Å². The number of imide groups is 1. The van der Waals surface area contributed by atoms with Crippen LogP contribution >= 0.6 is 0 Å². The van der Waals surface area contributed by atoms with Gasteiger partial charge in [0.2, 0.25) is 11.8 Å². The minimum atomic E-state index is -0.674. The summed E-state index contributed by atoms with van der Waals surface area (Å²) >= 11 is 0. The van der Waals surface area contributed by atoms with Crippen LogP contribution in [0, 0.1) is 5.82 Å². The van der Waals surface area contributed by atoms with Crippen molar-refractivity contribution in [3.63, 3.8) is 0 Å². The van der Waals surface area contributed by atoms with Crippen LogP contribution in [0.4, 0.5) is 10.1 Å². The third kappa shape index (κ3) is 2.76. The summed E-state index contributed by atoms with van der Waals surface area (Å²) in [5.41, 5.74) is 6.59. The van der Waals surface area contributed by atoms with E-state index in [-0.39, 0.29) is 29.2 Å². The second kappa shape index (κ2) is 5.49. The summed E-state index contributed by atoms with van der Waals surface area (Å²) in [7, 11) is 1.40. The van der Waals surface area contributed by atoms with E-state index in [0.717, 1.165) is 0 Å². The summed E-state index contributed by atoms with van der Waals surface area (Å²) in [5.74, 6) is -1.90. The number of piperidine rings is 1. The molecule has 1 unspecified atom stereocenters. The fraction of sp³-hybridized carbons (Fsp3) is 0.500. The van der Waals surface area contributed by atoms with Gasteiger partial charge in [0.05, 0.1) is 18.7 Å². The van der Waals surface area contributed by atoms with Gasteiger partial charge in [0.15, 0.2) is 11.6 Å². The van der Waals surface area contributed by atoms with Crippen molar-refractivity contribution in [1.82, 2.24) is 5.32 Å². The molecule has 1 aromatic carbocycles. The van der Waals surface area contributed by atoms with Crippen molar-refractivity contribution in [3.8, 4) is 5.75 Å². The Morgan fingerprint density at radius 2 is 2.09 bits per heavy atom.